The van der Waals surface area contributed by atoms with E-state index < -0.39 is 5.97 Å². The lowest BCUT2D eigenvalue weighted by Gasteiger charge is -1.91. The van der Waals surface area contributed by atoms with Crippen LogP contribution in [0.25, 0.3) is 17.1 Å². The zero-order valence-corrected chi connectivity index (χ0v) is 9.31. The monoisotopic (exact) mass is 255 g/mol. The fourth-order valence-electron chi connectivity index (χ4n) is 1.55. The number of aromatic nitrogens is 4. The number of hydrogen-bond donors (Lipinski definition) is 1. The lowest BCUT2D eigenvalue weighted by atomic mass is 10.2. The summed E-state index contributed by atoms with van der Waals surface area (Å²) >= 11 is 0. The van der Waals surface area contributed by atoms with Crippen LogP contribution in [0, 0.1) is 11.3 Å². The highest BCUT2D eigenvalue weighted by atomic mass is 16.4. The van der Waals surface area contributed by atoms with E-state index in [2.05, 4.69) is 15.1 Å². The summed E-state index contributed by atoms with van der Waals surface area (Å²) in [5.41, 5.74) is 0.921. The lowest BCUT2D eigenvalue weighted by molar-refractivity contribution is 0.0697. The maximum absolute atomic E-state index is 10.8. The van der Waals surface area contributed by atoms with Crippen molar-refractivity contribution in [3.05, 3.63) is 35.9 Å². The average Bonchev–Trinajstić information content (AvgIpc) is 3.03. The molecule has 0 aliphatic heterocycles. The van der Waals surface area contributed by atoms with Crippen molar-refractivity contribution in [3.8, 4) is 12.1 Å². The molecule has 0 amide bonds. The minimum Gasteiger partial charge on any atom is -0.478 e. The first-order chi connectivity index (χ1) is 9.17. The van der Waals surface area contributed by atoms with Gasteiger partial charge in [-0.3, -0.25) is 0 Å². The SMILES string of the molecule is N#Cc1ncn(-c2nc3ccc(C(=O)O)cc3o2)n1. The molecule has 3 aromatic rings. The Morgan fingerprint density at radius 2 is 2.32 bits per heavy atom. The van der Waals surface area contributed by atoms with Crippen molar-refractivity contribution in [2.45, 2.75) is 0 Å². The number of hydrogen-bond acceptors (Lipinski definition) is 6. The van der Waals surface area contributed by atoms with E-state index in [9.17, 15) is 4.79 Å². The second-order valence-electron chi connectivity index (χ2n) is 3.61. The van der Waals surface area contributed by atoms with Crippen LogP contribution in [0.3, 0.4) is 0 Å². The Labute approximate surface area is 105 Å². The van der Waals surface area contributed by atoms with Gasteiger partial charge in [0.15, 0.2) is 5.58 Å². The molecule has 8 nitrogen and oxygen atoms in total. The number of nitriles is 1. The Balaban J connectivity index is 2.11. The molecule has 2 heterocycles. The Hall–Kier alpha value is -3.21. The van der Waals surface area contributed by atoms with Crippen LogP contribution in [0.1, 0.15) is 16.2 Å². The molecule has 0 spiro atoms. The molecule has 92 valence electrons. The normalized spacial score (nSPS) is 10.5. The maximum Gasteiger partial charge on any atom is 0.335 e. The first-order valence-electron chi connectivity index (χ1n) is 5.13. The fraction of sp³-hybridized carbons (Fsp3) is 0. The lowest BCUT2D eigenvalue weighted by Crippen LogP contribution is -1.94. The molecule has 2 aromatic heterocycles. The van der Waals surface area contributed by atoms with E-state index in [0.717, 1.165) is 0 Å². The summed E-state index contributed by atoms with van der Waals surface area (Å²) in [5, 5.41) is 21.3. The highest BCUT2D eigenvalue weighted by Gasteiger charge is 2.12. The Bertz CT molecular complexity index is 826. The number of benzene rings is 1. The van der Waals surface area contributed by atoms with E-state index in [-0.39, 0.29) is 17.4 Å². The second-order valence-corrected chi connectivity index (χ2v) is 3.61. The highest BCUT2D eigenvalue weighted by Crippen LogP contribution is 2.19. The summed E-state index contributed by atoms with van der Waals surface area (Å²) in [6, 6.07) is 6.24. The third-order valence-corrected chi connectivity index (χ3v) is 2.41. The minimum atomic E-state index is -1.05. The molecule has 1 aromatic carbocycles. The number of oxazole rings is 1. The van der Waals surface area contributed by atoms with Crippen LogP contribution in [0.15, 0.2) is 28.9 Å². The first-order valence-corrected chi connectivity index (χ1v) is 5.13. The van der Waals surface area contributed by atoms with Crippen molar-refractivity contribution in [1.82, 2.24) is 19.7 Å². The van der Waals surface area contributed by atoms with Gasteiger partial charge in [-0.2, -0.15) is 14.9 Å². The molecule has 0 fully saturated rings. The van der Waals surface area contributed by atoms with Crippen LogP contribution in [-0.4, -0.2) is 30.8 Å². The molecule has 3 rings (SSSR count). The van der Waals surface area contributed by atoms with Crippen molar-refractivity contribution in [2.75, 3.05) is 0 Å². The van der Waals surface area contributed by atoms with Gasteiger partial charge in [0.05, 0.1) is 5.56 Å². The van der Waals surface area contributed by atoms with Crippen molar-refractivity contribution in [2.24, 2.45) is 0 Å². The Morgan fingerprint density at radius 1 is 1.47 bits per heavy atom. The van der Waals surface area contributed by atoms with E-state index in [0.29, 0.717) is 11.1 Å². The summed E-state index contributed by atoms with van der Waals surface area (Å²) in [7, 11) is 0. The van der Waals surface area contributed by atoms with Gasteiger partial charge in [-0.05, 0) is 18.2 Å². The number of fused-ring (bicyclic) bond motifs is 1. The molecular weight excluding hydrogens is 250 g/mol. The van der Waals surface area contributed by atoms with Crippen LogP contribution in [0.4, 0.5) is 0 Å². The van der Waals surface area contributed by atoms with E-state index >= 15 is 0 Å². The summed E-state index contributed by atoms with van der Waals surface area (Å²) in [6.45, 7) is 0. The average molecular weight is 255 g/mol. The standard InChI is InChI=1S/C11H5N5O3/c12-4-9-13-5-16(15-9)11-14-7-2-1-6(10(17)18)3-8(7)19-11/h1-3,5H,(H,17,18). The number of aromatic carboxylic acids is 1. The van der Waals surface area contributed by atoms with Gasteiger partial charge in [0, 0.05) is 0 Å². The van der Waals surface area contributed by atoms with Crippen LogP contribution in [0.5, 0.6) is 0 Å². The molecule has 0 aliphatic rings. The maximum atomic E-state index is 10.8. The number of nitrogens with zero attached hydrogens (tertiary/aromatic N) is 5. The van der Waals surface area contributed by atoms with Crippen molar-refractivity contribution >= 4 is 17.1 Å². The predicted molar refractivity (Wildman–Crippen MR) is 60.6 cm³/mol. The second kappa shape index (κ2) is 3.92. The molecule has 0 bridgehead atoms. The number of carbonyl (C=O) groups is 1. The Kier molecular flexibility index (Phi) is 2.25. The Morgan fingerprint density at radius 3 is 3.00 bits per heavy atom. The molecular formula is C11H5N5O3. The number of rotatable bonds is 2. The third kappa shape index (κ3) is 1.79. The van der Waals surface area contributed by atoms with E-state index in [1.54, 1.807) is 6.07 Å². The van der Waals surface area contributed by atoms with E-state index in [1.165, 1.54) is 29.2 Å². The van der Waals surface area contributed by atoms with Gasteiger partial charge in [0.2, 0.25) is 0 Å². The van der Waals surface area contributed by atoms with Crippen molar-refractivity contribution in [1.29, 1.82) is 5.26 Å². The van der Waals surface area contributed by atoms with Crippen molar-refractivity contribution < 1.29 is 14.3 Å². The largest absolute Gasteiger partial charge is 0.478 e. The van der Waals surface area contributed by atoms with Crippen LogP contribution in [0.2, 0.25) is 0 Å². The molecule has 0 saturated carbocycles. The quantitative estimate of drug-likeness (QED) is 0.724. The zero-order chi connectivity index (χ0) is 13.4. The van der Waals surface area contributed by atoms with Gasteiger partial charge in [-0.25, -0.2) is 9.78 Å². The molecule has 8 heteroatoms. The van der Waals surface area contributed by atoms with Gasteiger partial charge < -0.3 is 9.52 Å². The summed E-state index contributed by atoms with van der Waals surface area (Å²) < 4.78 is 6.59. The van der Waals surface area contributed by atoms with E-state index in [4.69, 9.17) is 14.8 Å². The predicted octanol–water partition coefficient (Wildman–Crippen LogP) is 0.978. The summed E-state index contributed by atoms with van der Waals surface area (Å²) in [6.07, 6.45) is 1.29. The minimum absolute atomic E-state index is 0.00604. The van der Waals surface area contributed by atoms with Crippen molar-refractivity contribution in [3.63, 3.8) is 0 Å². The molecule has 0 atom stereocenters. The zero-order valence-electron chi connectivity index (χ0n) is 9.31. The molecule has 19 heavy (non-hydrogen) atoms. The number of carboxylic acid groups (broad SMARTS) is 1. The molecule has 1 N–H and O–H groups in total. The van der Waals surface area contributed by atoms with Crippen LogP contribution >= 0.6 is 0 Å². The number of carboxylic acids is 1. The summed E-state index contributed by atoms with van der Waals surface area (Å²) in [4.78, 5) is 18.7. The van der Waals surface area contributed by atoms with Gasteiger partial charge in [-0.1, -0.05) is 0 Å². The summed E-state index contributed by atoms with van der Waals surface area (Å²) in [5.74, 6) is -1.05. The topological polar surface area (TPSA) is 118 Å². The van der Waals surface area contributed by atoms with Gasteiger partial charge in [-0.15, -0.1) is 5.10 Å². The first kappa shape index (κ1) is 10.9. The molecule has 0 saturated heterocycles. The molecule has 0 unspecified atom stereocenters. The third-order valence-electron chi connectivity index (χ3n) is 2.41. The fourth-order valence-corrected chi connectivity index (χ4v) is 1.55. The van der Waals surface area contributed by atoms with Crippen LogP contribution in [-0.2, 0) is 0 Å². The molecule has 0 aliphatic carbocycles. The van der Waals surface area contributed by atoms with Crippen LogP contribution < -0.4 is 0 Å². The van der Waals surface area contributed by atoms with Gasteiger partial charge >= 0.3 is 12.0 Å². The highest BCUT2D eigenvalue weighted by molar-refractivity contribution is 5.91. The van der Waals surface area contributed by atoms with Gasteiger partial charge in [0.1, 0.15) is 17.9 Å². The molecule has 0 radical (unpaired) electrons. The smallest absolute Gasteiger partial charge is 0.335 e. The van der Waals surface area contributed by atoms with Gasteiger partial charge in [0.25, 0.3) is 5.82 Å². The van der Waals surface area contributed by atoms with E-state index in [1.807, 2.05) is 0 Å².